The van der Waals surface area contributed by atoms with Gasteiger partial charge in [0, 0.05) is 18.0 Å². The van der Waals surface area contributed by atoms with E-state index in [0.717, 1.165) is 25.7 Å². The van der Waals surface area contributed by atoms with Crippen molar-refractivity contribution in [1.29, 1.82) is 0 Å². The van der Waals surface area contributed by atoms with E-state index in [0.29, 0.717) is 12.4 Å². The molecule has 7 heteroatoms. The second kappa shape index (κ2) is 5.71. The molecule has 0 unspecified atom stereocenters. The second-order valence-corrected chi connectivity index (χ2v) is 5.41. The zero-order valence-corrected chi connectivity index (χ0v) is 11.2. The largest absolute Gasteiger partial charge is 0.396 e. The van der Waals surface area contributed by atoms with Crippen molar-refractivity contribution >= 4 is 23.1 Å². The van der Waals surface area contributed by atoms with Crippen molar-refractivity contribution in [3.63, 3.8) is 0 Å². The number of anilines is 1. The minimum atomic E-state index is -0.533. The molecule has 1 fully saturated rings. The van der Waals surface area contributed by atoms with Gasteiger partial charge in [0.05, 0.1) is 16.6 Å². The predicted molar refractivity (Wildman–Crippen MR) is 72.4 cm³/mol. The van der Waals surface area contributed by atoms with Crippen molar-refractivity contribution in [3.8, 4) is 0 Å². The highest BCUT2D eigenvalue weighted by Crippen LogP contribution is 2.38. The first kappa shape index (κ1) is 14.0. The van der Waals surface area contributed by atoms with Gasteiger partial charge in [-0.3, -0.25) is 10.1 Å². The number of halogens is 1. The molecule has 0 radical (unpaired) electrons. The van der Waals surface area contributed by atoms with Gasteiger partial charge in [-0.2, -0.15) is 0 Å². The predicted octanol–water partition coefficient (Wildman–Crippen LogP) is 2.61. The Morgan fingerprint density at radius 2 is 2.21 bits per heavy atom. The van der Waals surface area contributed by atoms with E-state index < -0.39 is 4.92 Å². The summed E-state index contributed by atoms with van der Waals surface area (Å²) in [6.07, 6.45) is 5.35. The molecule has 1 aliphatic rings. The van der Waals surface area contributed by atoms with Crippen LogP contribution < -0.4 is 5.32 Å². The molecule has 1 aromatic rings. The SMILES string of the molecule is O=[N+]([O-])c1cnc(NCC2(CO)CCCC2)c(Cl)c1. The first-order chi connectivity index (χ1) is 9.06. The van der Waals surface area contributed by atoms with Gasteiger partial charge < -0.3 is 10.4 Å². The summed E-state index contributed by atoms with van der Waals surface area (Å²) in [5.41, 5.74) is -0.249. The number of rotatable bonds is 5. The van der Waals surface area contributed by atoms with Crippen LogP contribution in [0.15, 0.2) is 12.3 Å². The van der Waals surface area contributed by atoms with Gasteiger partial charge in [0.2, 0.25) is 0 Å². The molecule has 1 aliphatic carbocycles. The van der Waals surface area contributed by atoms with Crippen LogP contribution in [0.3, 0.4) is 0 Å². The van der Waals surface area contributed by atoms with Gasteiger partial charge in [-0.1, -0.05) is 24.4 Å². The molecule has 0 saturated heterocycles. The summed E-state index contributed by atoms with van der Waals surface area (Å²) in [5, 5.41) is 23.4. The van der Waals surface area contributed by atoms with Crippen LogP contribution in [-0.2, 0) is 0 Å². The quantitative estimate of drug-likeness (QED) is 0.641. The number of hydrogen-bond acceptors (Lipinski definition) is 5. The first-order valence-corrected chi connectivity index (χ1v) is 6.59. The van der Waals surface area contributed by atoms with Gasteiger partial charge >= 0.3 is 0 Å². The van der Waals surface area contributed by atoms with E-state index in [2.05, 4.69) is 10.3 Å². The molecule has 2 N–H and O–H groups in total. The third-order valence-electron chi connectivity index (χ3n) is 3.67. The molecule has 19 heavy (non-hydrogen) atoms. The van der Waals surface area contributed by atoms with E-state index in [1.54, 1.807) is 0 Å². The number of aromatic nitrogens is 1. The molecule has 0 spiro atoms. The number of aliphatic hydroxyl groups excluding tert-OH is 1. The lowest BCUT2D eigenvalue weighted by atomic mass is 9.87. The monoisotopic (exact) mass is 285 g/mol. The number of pyridine rings is 1. The number of hydrogen-bond donors (Lipinski definition) is 2. The minimum Gasteiger partial charge on any atom is -0.396 e. The van der Waals surface area contributed by atoms with E-state index in [1.165, 1.54) is 12.3 Å². The van der Waals surface area contributed by atoms with E-state index in [-0.39, 0.29) is 22.7 Å². The molecule has 0 bridgehead atoms. The van der Waals surface area contributed by atoms with Crippen LogP contribution in [0.25, 0.3) is 0 Å². The Labute approximate surface area is 116 Å². The summed E-state index contributed by atoms with van der Waals surface area (Å²) in [6.45, 7) is 0.707. The lowest BCUT2D eigenvalue weighted by Gasteiger charge is -2.26. The topological polar surface area (TPSA) is 88.3 Å². The molecule has 0 aliphatic heterocycles. The summed E-state index contributed by atoms with van der Waals surface area (Å²) >= 11 is 5.96. The van der Waals surface area contributed by atoms with Crippen LogP contribution in [-0.4, -0.2) is 28.2 Å². The molecule has 6 nitrogen and oxygen atoms in total. The van der Waals surface area contributed by atoms with Gasteiger partial charge in [0.15, 0.2) is 0 Å². The van der Waals surface area contributed by atoms with Crippen molar-refractivity contribution in [2.75, 3.05) is 18.5 Å². The van der Waals surface area contributed by atoms with Gasteiger partial charge in [-0.05, 0) is 12.8 Å². The summed E-state index contributed by atoms with van der Waals surface area (Å²) in [7, 11) is 0. The Balaban J connectivity index is 2.05. The van der Waals surface area contributed by atoms with E-state index in [9.17, 15) is 15.2 Å². The molecule has 1 aromatic heterocycles. The average molecular weight is 286 g/mol. The Hall–Kier alpha value is -1.40. The van der Waals surface area contributed by atoms with Crippen molar-refractivity contribution in [2.24, 2.45) is 5.41 Å². The van der Waals surface area contributed by atoms with Crippen molar-refractivity contribution in [2.45, 2.75) is 25.7 Å². The Kier molecular flexibility index (Phi) is 4.21. The maximum absolute atomic E-state index is 10.6. The zero-order chi connectivity index (χ0) is 13.9. The minimum absolute atomic E-state index is 0.118. The van der Waals surface area contributed by atoms with Gasteiger partial charge in [-0.25, -0.2) is 4.98 Å². The van der Waals surface area contributed by atoms with Crippen molar-refractivity contribution in [1.82, 2.24) is 4.98 Å². The normalized spacial score (nSPS) is 17.4. The van der Waals surface area contributed by atoms with Gasteiger partial charge in [-0.15, -0.1) is 0 Å². The van der Waals surface area contributed by atoms with Crippen LogP contribution in [0, 0.1) is 15.5 Å². The summed E-state index contributed by atoms with van der Waals surface area (Å²) < 4.78 is 0. The molecule has 0 aromatic carbocycles. The first-order valence-electron chi connectivity index (χ1n) is 6.21. The molecule has 104 valence electrons. The molecule has 0 amide bonds. The van der Waals surface area contributed by atoms with Crippen LogP contribution >= 0.6 is 11.6 Å². The Morgan fingerprint density at radius 1 is 1.53 bits per heavy atom. The van der Waals surface area contributed by atoms with E-state index >= 15 is 0 Å². The van der Waals surface area contributed by atoms with E-state index in [4.69, 9.17) is 11.6 Å². The highest BCUT2D eigenvalue weighted by atomic mass is 35.5. The third kappa shape index (κ3) is 3.13. The Morgan fingerprint density at radius 3 is 2.74 bits per heavy atom. The molecule has 1 saturated carbocycles. The standard InChI is InChI=1S/C12H16ClN3O3/c13-10-5-9(16(18)19)6-14-11(10)15-7-12(8-17)3-1-2-4-12/h5-6,17H,1-4,7-8H2,(H,14,15). The fourth-order valence-electron chi connectivity index (χ4n) is 2.44. The molecular weight excluding hydrogens is 270 g/mol. The molecule has 1 heterocycles. The van der Waals surface area contributed by atoms with Gasteiger partial charge in [0.25, 0.3) is 5.69 Å². The zero-order valence-electron chi connectivity index (χ0n) is 10.4. The highest BCUT2D eigenvalue weighted by Gasteiger charge is 2.33. The summed E-state index contributed by atoms with van der Waals surface area (Å²) in [6, 6.07) is 1.27. The van der Waals surface area contributed by atoms with Crippen LogP contribution in [0.2, 0.25) is 5.02 Å². The number of nitro groups is 1. The number of nitrogens with one attached hydrogen (secondary N) is 1. The summed E-state index contributed by atoms with van der Waals surface area (Å²) in [5.74, 6) is 0.423. The second-order valence-electron chi connectivity index (χ2n) is 5.00. The lowest BCUT2D eigenvalue weighted by molar-refractivity contribution is -0.385. The number of nitrogens with zero attached hydrogens (tertiary/aromatic N) is 2. The fraction of sp³-hybridized carbons (Fsp3) is 0.583. The Bertz CT molecular complexity index is 475. The highest BCUT2D eigenvalue weighted by molar-refractivity contribution is 6.33. The van der Waals surface area contributed by atoms with Crippen molar-refractivity contribution in [3.05, 3.63) is 27.4 Å². The van der Waals surface area contributed by atoms with Gasteiger partial charge in [0.1, 0.15) is 12.0 Å². The average Bonchev–Trinajstić information content (AvgIpc) is 2.86. The van der Waals surface area contributed by atoms with Crippen LogP contribution in [0.1, 0.15) is 25.7 Å². The maximum atomic E-state index is 10.6. The van der Waals surface area contributed by atoms with Crippen LogP contribution in [0.4, 0.5) is 11.5 Å². The third-order valence-corrected chi connectivity index (χ3v) is 3.96. The smallest absolute Gasteiger partial charge is 0.289 e. The van der Waals surface area contributed by atoms with Crippen molar-refractivity contribution < 1.29 is 10.0 Å². The van der Waals surface area contributed by atoms with Crippen LogP contribution in [0.5, 0.6) is 0 Å². The van der Waals surface area contributed by atoms with E-state index in [1.807, 2.05) is 0 Å². The molecule has 2 rings (SSSR count). The summed E-state index contributed by atoms with van der Waals surface area (Å²) in [4.78, 5) is 14.0. The molecular formula is C12H16ClN3O3. The number of aliphatic hydroxyl groups is 1. The fourth-order valence-corrected chi connectivity index (χ4v) is 2.67. The lowest BCUT2D eigenvalue weighted by Crippen LogP contribution is -2.30. The maximum Gasteiger partial charge on any atom is 0.289 e. The molecule has 0 atom stereocenters.